The van der Waals surface area contributed by atoms with E-state index in [0.717, 1.165) is 16.9 Å². The molecule has 0 spiro atoms. The maximum Gasteiger partial charge on any atom is 0.178 e. The number of H-pyrrole nitrogens is 1. The summed E-state index contributed by atoms with van der Waals surface area (Å²) in [5, 5.41) is 7.87. The minimum atomic E-state index is -0.307. The molecule has 0 saturated carbocycles. The number of halogens is 2. The van der Waals surface area contributed by atoms with Gasteiger partial charge in [0.1, 0.15) is 18.0 Å². The van der Waals surface area contributed by atoms with Gasteiger partial charge in [-0.05, 0) is 34.2 Å². The maximum atomic E-state index is 13.7. The largest absolute Gasteiger partial charge is 0.331 e. The molecule has 0 fully saturated rings. The Bertz CT molecular complexity index is 834. The quantitative estimate of drug-likeness (QED) is 0.734. The molecule has 0 amide bonds. The Labute approximate surface area is 127 Å². The van der Waals surface area contributed by atoms with Gasteiger partial charge in [0.15, 0.2) is 4.77 Å². The van der Waals surface area contributed by atoms with Crippen LogP contribution in [0.4, 0.5) is 4.39 Å². The molecule has 8 heteroatoms. The minimum absolute atomic E-state index is 0.307. The zero-order valence-corrected chi connectivity index (χ0v) is 13.0. The van der Waals surface area contributed by atoms with Gasteiger partial charge in [-0.2, -0.15) is 0 Å². The van der Waals surface area contributed by atoms with E-state index in [-0.39, 0.29) is 5.82 Å². The summed E-state index contributed by atoms with van der Waals surface area (Å²) in [6, 6.07) is 3.17. The second-order valence-electron chi connectivity index (χ2n) is 4.47. The number of hydrogen-bond acceptors (Lipinski definition) is 3. The van der Waals surface area contributed by atoms with Gasteiger partial charge in [0.25, 0.3) is 0 Å². The number of imidazole rings is 1. The first-order chi connectivity index (χ1) is 9.56. The molecule has 0 bridgehead atoms. The molecule has 0 aliphatic carbocycles. The summed E-state index contributed by atoms with van der Waals surface area (Å²) in [7, 11) is 1.89. The summed E-state index contributed by atoms with van der Waals surface area (Å²) in [6.07, 6.45) is 2.33. The molecule has 0 unspecified atom stereocenters. The lowest BCUT2D eigenvalue weighted by Gasteiger charge is -2.04. The van der Waals surface area contributed by atoms with Crippen molar-refractivity contribution in [2.75, 3.05) is 0 Å². The Morgan fingerprint density at radius 3 is 2.95 bits per heavy atom. The van der Waals surface area contributed by atoms with E-state index >= 15 is 0 Å². The molecule has 3 aromatic rings. The van der Waals surface area contributed by atoms with Crippen molar-refractivity contribution >= 4 is 39.2 Å². The molecule has 0 atom stereocenters. The molecule has 0 radical (unpaired) electrons. The van der Waals surface area contributed by atoms with Gasteiger partial charge in [0, 0.05) is 26.1 Å². The van der Waals surface area contributed by atoms with Crippen LogP contribution in [0.25, 0.3) is 11.0 Å². The van der Waals surface area contributed by atoms with Crippen molar-refractivity contribution in [3.63, 3.8) is 0 Å². The highest BCUT2D eigenvalue weighted by Gasteiger charge is 2.10. The fourth-order valence-electron chi connectivity index (χ4n) is 2.12. The van der Waals surface area contributed by atoms with Crippen LogP contribution in [0, 0.1) is 10.6 Å². The Balaban J connectivity index is 1.99. The predicted octanol–water partition coefficient (Wildman–Crippen LogP) is 2.97. The molecule has 2 aromatic heterocycles. The second kappa shape index (κ2) is 5.10. The fraction of sp³-hybridized carbons (Fsp3) is 0.250. The fourth-order valence-corrected chi connectivity index (χ4v) is 2.76. The highest BCUT2D eigenvalue weighted by atomic mass is 79.9. The van der Waals surface area contributed by atoms with Crippen molar-refractivity contribution in [2.45, 2.75) is 13.0 Å². The van der Waals surface area contributed by atoms with E-state index in [0.29, 0.717) is 22.2 Å². The van der Waals surface area contributed by atoms with Crippen LogP contribution in [-0.4, -0.2) is 24.3 Å². The van der Waals surface area contributed by atoms with Gasteiger partial charge in [0.2, 0.25) is 0 Å². The highest BCUT2D eigenvalue weighted by molar-refractivity contribution is 9.10. The first-order valence-corrected chi connectivity index (χ1v) is 7.17. The molecular weight excluding hydrogens is 345 g/mol. The van der Waals surface area contributed by atoms with E-state index in [1.807, 2.05) is 16.2 Å². The number of aromatic amines is 1. The molecule has 1 N–H and O–H groups in total. The number of aromatic nitrogens is 5. The van der Waals surface area contributed by atoms with Crippen molar-refractivity contribution in [3.8, 4) is 0 Å². The first-order valence-electron chi connectivity index (χ1n) is 5.96. The van der Waals surface area contributed by atoms with Crippen LogP contribution >= 0.6 is 28.1 Å². The molecule has 2 heterocycles. The number of benzene rings is 1. The maximum absolute atomic E-state index is 13.7. The number of nitrogens with zero attached hydrogens (tertiary/aromatic N) is 4. The van der Waals surface area contributed by atoms with E-state index in [4.69, 9.17) is 12.2 Å². The Morgan fingerprint density at radius 2 is 2.25 bits per heavy atom. The zero-order chi connectivity index (χ0) is 14.3. The Morgan fingerprint density at radius 1 is 1.45 bits per heavy atom. The van der Waals surface area contributed by atoms with E-state index < -0.39 is 0 Å². The van der Waals surface area contributed by atoms with Crippen LogP contribution in [0.3, 0.4) is 0 Å². The van der Waals surface area contributed by atoms with Gasteiger partial charge in [-0.3, -0.25) is 0 Å². The summed E-state index contributed by atoms with van der Waals surface area (Å²) in [5.41, 5.74) is 1.55. The number of aryl methyl sites for hydroxylation is 3. The van der Waals surface area contributed by atoms with Gasteiger partial charge < -0.3 is 14.1 Å². The van der Waals surface area contributed by atoms with E-state index in [1.54, 1.807) is 12.4 Å². The summed E-state index contributed by atoms with van der Waals surface area (Å²) < 4.78 is 18.4. The van der Waals surface area contributed by atoms with Crippen molar-refractivity contribution < 1.29 is 4.39 Å². The number of fused-ring (bicyclic) bond motifs is 1. The van der Waals surface area contributed by atoms with Crippen LogP contribution in [0.1, 0.15) is 5.82 Å². The smallest absolute Gasteiger partial charge is 0.178 e. The summed E-state index contributed by atoms with van der Waals surface area (Å²) >= 11 is 8.46. The molecule has 0 aliphatic heterocycles. The Kier molecular flexibility index (Phi) is 3.43. The number of hydrogen-bond donors (Lipinski definition) is 1. The van der Waals surface area contributed by atoms with Crippen molar-refractivity contribution in [1.29, 1.82) is 0 Å². The summed E-state index contributed by atoms with van der Waals surface area (Å²) in [6.45, 7) is 0.617. The monoisotopic (exact) mass is 355 g/mol. The van der Waals surface area contributed by atoms with Gasteiger partial charge in [-0.25, -0.2) is 4.39 Å². The first kappa shape index (κ1) is 13.4. The molecule has 5 nitrogen and oxygen atoms in total. The van der Waals surface area contributed by atoms with E-state index in [2.05, 4.69) is 31.1 Å². The molecule has 3 rings (SSSR count). The molecular formula is C12H11BrFN5S. The van der Waals surface area contributed by atoms with Crippen LogP contribution in [0.2, 0.25) is 0 Å². The minimum Gasteiger partial charge on any atom is -0.331 e. The van der Waals surface area contributed by atoms with E-state index in [1.165, 1.54) is 6.07 Å². The van der Waals surface area contributed by atoms with Gasteiger partial charge >= 0.3 is 0 Å². The lowest BCUT2D eigenvalue weighted by molar-refractivity contribution is 0.619. The van der Waals surface area contributed by atoms with Crippen LogP contribution in [0.5, 0.6) is 0 Å². The Hall–Kier alpha value is -1.54. The summed E-state index contributed by atoms with van der Waals surface area (Å²) in [4.78, 5) is 3.08. The second-order valence-corrected chi connectivity index (χ2v) is 5.71. The van der Waals surface area contributed by atoms with Crippen molar-refractivity contribution in [1.82, 2.24) is 24.3 Å². The average molecular weight is 356 g/mol. The van der Waals surface area contributed by atoms with Gasteiger partial charge in [-0.1, -0.05) is 0 Å². The topological polar surface area (TPSA) is 51.4 Å². The van der Waals surface area contributed by atoms with Gasteiger partial charge in [-0.15, -0.1) is 10.2 Å². The predicted molar refractivity (Wildman–Crippen MR) is 79.5 cm³/mol. The lowest BCUT2D eigenvalue weighted by Crippen LogP contribution is -2.05. The highest BCUT2D eigenvalue weighted by Crippen LogP contribution is 2.23. The molecule has 0 aliphatic rings. The molecule has 1 aromatic carbocycles. The average Bonchev–Trinajstić information content (AvgIpc) is 2.92. The zero-order valence-electron chi connectivity index (χ0n) is 10.6. The summed E-state index contributed by atoms with van der Waals surface area (Å²) in [5.74, 6) is 0.553. The van der Waals surface area contributed by atoms with Crippen LogP contribution in [-0.2, 0) is 20.0 Å². The lowest BCUT2D eigenvalue weighted by atomic mass is 10.3. The molecule has 0 saturated heterocycles. The SMILES string of the molecule is Cn1cnnc1CCn1c(=S)[nH]c2cc(Br)c(F)cc21. The molecule has 20 heavy (non-hydrogen) atoms. The van der Waals surface area contributed by atoms with Crippen LogP contribution < -0.4 is 0 Å². The van der Waals surface area contributed by atoms with Crippen molar-refractivity contribution in [3.05, 3.63) is 39.3 Å². The van der Waals surface area contributed by atoms with Crippen molar-refractivity contribution in [2.24, 2.45) is 7.05 Å². The third kappa shape index (κ3) is 2.29. The number of nitrogens with one attached hydrogen (secondary N) is 1. The standard InChI is InChI=1S/C12H11BrFN5S/c1-18-6-15-17-11(18)2-3-19-10-5-8(14)7(13)4-9(10)16-12(19)20/h4-6H,2-3H2,1H3,(H,16,20). The van der Waals surface area contributed by atoms with Crippen LogP contribution in [0.15, 0.2) is 22.9 Å². The third-order valence-corrected chi connectivity index (χ3v) is 4.11. The normalized spacial score (nSPS) is 11.3. The third-order valence-electron chi connectivity index (χ3n) is 3.18. The molecule has 104 valence electrons. The van der Waals surface area contributed by atoms with E-state index in [9.17, 15) is 4.39 Å². The number of rotatable bonds is 3. The van der Waals surface area contributed by atoms with Gasteiger partial charge in [0.05, 0.1) is 15.5 Å².